The van der Waals surface area contributed by atoms with Crippen LogP contribution in [-0.4, -0.2) is 74.7 Å². The van der Waals surface area contributed by atoms with Crippen molar-refractivity contribution in [1.29, 1.82) is 0 Å². The highest BCUT2D eigenvalue weighted by Crippen LogP contribution is 2.20. The Kier molecular flexibility index (Phi) is 7.04. The van der Waals surface area contributed by atoms with Crippen LogP contribution in [0.25, 0.3) is 0 Å². The summed E-state index contributed by atoms with van der Waals surface area (Å²) < 4.78 is 29.1. The van der Waals surface area contributed by atoms with E-state index in [4.69, 9.17) is 17.0 Å². The van der Waals surface area contributed by atoms with Gasteiger partial charge in [-0.3, -0.25) is 0 Å². The van der Waals surface area contributed by atoms with Gasteiger partial charge in [-0.1, -0.05) is 0 Å². The third-order valence-corrected chi connectivity index (χ3v) is 6.20. The molecule has 1 atom stereocenters. The number of hydrogen-bond donors (Lipinski definition) is 1. The van der Waals surface area contributed by atoms with Crippen LogP contribution in [-0.2, 0) is 9.84 Å². The zero-order chi connectivity index (χ0) is 18.4. The summed E-state index contributed by atoms with van der Waals surface area (Å²) in [5, 5.41) is 3.79. The molecule has 0 unspecified atom stereocenters. The summed E-state index contributed by atoms with van der Waals surface area (Å²) in [7, 11) is 1.03. The Balaban J connectivity index is 2.06. The zero-order valence-corrected chi connectivity index (χ0v) is 16.7. The summed E-state index contributed by atoms with van der Waals surface area (Å²) in [4.78, 5) is 4.08. The van der Waals surface area contributed by atoms with Crippen molar-refractivity contribution in [2.45, 2.75) is 19.4 Å². The molecule has 0 radical (unpaired) electrons. The van der Waals surface area contributed by atoms with E-state index in [0.717, 1.165) is 18.0 Å². The maximum absolute atomic E-state index is 11.8. The summed E-state index contributed by atoms with van der Waals surface area (Å²) in [5.41, 5.74) is 0.865. The number of rotatable bonds is 7. The predicted octanol–water partition coefficient (Wildman–Crippen LogP) is 1.83. The summed E-state index contributed by atoms with van der Waals surface area (Å²) in [5.74, 6) is 1.22. The van der Waals surface area contributed by atoms with Gasteiger partial charge in [-0.25, -0.2) is 8.42 Å². The van der Waals surface area contributed by atoms with E-state index in [0.29, 0.717) is 24.7 Å². The lowest BCUT2D eigenvalue weighted by Gasteiger charge is -2.32. The van der Waals surface area contributed by atoms with Crippen molar-refractivity contribution in [3.8, 4) is 5.75 Å². The van der Waals surface area contributed by atoms with Crippen molar-refractivity contribution in [3.05, 3.63) is 24.3 Å². The standard InChI is InChI=1S/C17H27N3O3S2/c1-4-23-16-7-5-14(6-8-16)18-17(24)20(11-10-19(2)3)15-9-12-25(21,22)13-15/h5-8,15H,4,9-13H2,1-3H3,(H,18,24)/t15-/m1/s1. The van der Waals surface area contributed by atoms with Crippen LogP contribution in [0.4, 0.5) is 5.69 Å². The number of ether oxygens (including phenoxy) is 1. The molecule has 6 nitrogen and oxygen atoms in total. The fraction of sp³-hybridized carbons (Fsp3) is 0.588. The van der Waals surface area contributed by atoms with Crippen LogP contribution in [0.1, 0.15) is 13.3 Å². The molecule has 140 valence electrons. The Morgan fingerprint density at radius 2 is 1.96 bits per heavy atom. The highest BCUT2D eigenvalue weighted by molar-refractivity contribution is 7.91. The first-order chi connectivity index (χ1) is 11.8. The highest BCUT2D eigenvalue weighted by Gasteiger charge is 2.33. The van der Waals surface area contributed by atoms with Gasteiger partial charge in [0.25, 0.3) is 0 Å². The topological polar surface area (TPSA) is 61.9 Å². The first-order valence-corrected chi connectivity index (χ1v) is 10.7. The van der Waals surface area contributed by atoms with E-state index in [1.807, 2.05) is 50.2 Å². The maximum atomic E-state index is 11.8. The average Bonchev–Trinajstić information content (AvgIpc) is 2.89. The van der Waals surface area contributed by atoms with Crippen LogP contribution < -0.4 is 10.1 Å². The van der Waals surface area contributed by atoms with Crippen LogP contribution in [0, 0.1) is 0 Å². The molecule has 0 spiro atoms. The van der Waals surface area contributed by atoms with E-state index in [-0.39, 0.29) is 17.5 Å². The van der Waals surface area contributed by atoms with Crippen molar-refractivity contribution in [2.75, 3.05) is 50.6 Å². The van der Waals surface area contributed by atoms with Gasteiger partial charge in [0.2, 0.25) is 0 Å². The van der Waals surface area contributed by atoms with Gasteiger partial charge in [-0.05, 0) is 63.9 Å². The number of likely N-dealkylation sites (N-methyl/N-ethyl adjacent to an activating group) is 1. The first kappa shape index (κ1) is 19.9. The number of nitrogens with zero attached hydrogens (tertiary/aromatic N) is 2. The van der Waals surface area contributed by atoms with Crippen LogP contribution in [0.5, 0.6) is 5.75 Å². The largest absolute Gasteiger partial charge is 0.494 e. The number of benzene rings is 1. The lowest BCUT2D eigenvalue weighted by molar-refractivity contribution is 0.289. The zero-order valence-electron chi connectivity index (χ0n) is 15.1. The van der Waals surface area contributed by atoms with Gasteiger partial charge in [0.05, 0.1) is 18.1 Å². The molecule has 1 aliphatic heterocycles. The first-order valence-electron chi connectivity index (χ1n) is 8.46. The minimum Gasteiger partial charge on any atom is -0.494 e. The van der Waals surface area contributed by atoms with Crippen LogP contribution in [0.15, 0.2) is 24.3 Å². The molecule has 0 bridgehead atoms. The Hall–Kier alpha value is -1.38. The van der Waals surface area contributed by atoms with Crippen molar-refractivity contribution < 1.29 is 13.2 Å². The Labute approximate surface area is 156 Å². The molecule has 1 N–H and O–H groups in total. The van der Waals surface area contributed by atoms with Crippen molar-refractivity contribution in [3.63, 3.8) is 0 Å². The molecular formula is C17H27N3O3S2. The monoisotopic (exact) mass is 385 g/mol. The second-order valence-corrected chi connectivity index (χ2v) is 9.06. The SMILES string of the molecule is CCOc1ccc(NC(=S)N(CCN(C)C)[C@@H]2CCS(=O)(=O)C2)cc1. The molecule has 25 heavy (non-hydrogen) atoms. The van der Waals surface area contributed by atoms with Crippen LogP contribution in [0.3, 0.4) is 0 Å². The molecular weight excluding hydrogens is 358 g/mol. The summed E-state index contributed by atoms with van der Waals surface area (Å²) >= 11 is 5.58. The van der Waals surface area contributed by atoms with E-state index in [1.165, 1.54) is 0 Å². The molecule has 2 rings (SSSR count). The van der Waals surface area contributed by atoms with E-state index >= 15 is 0 Å². The quantitative estimate of drug-likeness (QED) is 0.719. The minimum atomic E-state index is -2.96. The normalized spacial score (nSPS) is 19.0. The molecule has 1 aliphatic rings. The van der Waals surface area contributed by atoms with Crippen molar-refractivity contribution >= 4 is 32.9 Å². The lowest BCUT2D eigenvalue weighted by Crippen LogP contribution is -2.46. The molecule has 1 heterocycles. The number of hydrogen-bond acceptors (Lipinski definition) is 5. The van der Waals surface area contributed by atoms with E-state index in [2.05, 4.69) is 10.2 Å². The average molecular weight is 386 g/mol. The third kappa shape index (κ3) is 6.13. The molecule has 1 aromatic carbocycles. The van der Waals surface area contributed by atoms with Gasteiger partial charge >= 0.3 is 0 Å². The third-order valence-electron chi connectivity index (χ3n) is 4.11. The molecule has 0 saturated carbocycles. The highest BCUT2D eigenvalue weighted by atomic mass is 32.2. The molecule has 1 fully saturated rings. The number of sulfone groups is 1. The van der Waals surface area contributed by atoms with Gasteiger partial charge in [0.15, 0.2) is 14.9 Å². The second-order valence-electron chi connectivity index (χ2n) is 6.44. The minimum absolute atomic E-state index is 0.0624. The molecule has 1 aromatic rings. The van der Waals surface area contributed by atoms with Crippen LogP contribution in [0.2, 0.25) is 0 Å². The van der Waals surface area contributed by atoms with Crippen LogP contribution >= 0.6 is 12.2 Å². The molecule has 0 aliphatic carbocycles. The van der Waals surface area contributed by atoms with Gasteiger partial charge in [-0.15, -0.1) is 0 Å². The molecule has 0 aromatic heterocycles. The second kappa shape index (κ2) is 8.82. The van der Waals surface area contributed by atoms with E-state index < -0.39 is 9.84 Å². The fourth-order valence-corrected chi connectivity index (χ4v) is 4.86. The molecule has 8 heteroatoms. The van der Waals surface area contributed by atoms with Gasteiger partial charge in [0, 0.05) is 24.8 Å². The van der Waals surface area contributed by atoms with Gasteiger partial charge in [0.1, 0.15) is 5.75 Å². The number of thiocarbonyl (C=S) groups is 1. The summed E-state index contributed by atoms with van der Waals surface area (Å²) in [6.07, 6.45) is 0.626. The van der Waals surface area contributed by atoms with E-state index in [9.17, 15) is 8.42 Å². The van der Waals surface area contributed by atoms with Crippen molar-refractivity contribution in [2.24, 2.45) is 0 Å². The number of nitrogens with one attached hydrogen (secondary N) is 1. The summed E-state index contributed by atoms with van der Waals surface area (Å²) in [6.45, 7) is 4.07. The lowest BCUT2D eigenvalue weighted by atomic mass is 10.2. The molecule has 1 saturated heterocycles. The van der Waals surface area contributed by atoms with Gasteiger partial charge in [-0.2, -0.15) is 0 Å². The fourth-order valence-electron chi connectivity index (χ4n) is 2.78. The smallest absolute Gasteiger partial charge is 0.173 e. The van der Waals surface area contributed by atoms with Crippen molar-refractivity contribution in [1.82, 2.24) is 9.80 Å². The summed E-state index contributed by atoms with van der Waals surface area (Å²) in [6, 6.07) is 7.53. The van der Waals surface area contributed by atoms with E-state index in [1.54, 1.807) is 0 Å². The molecule has 0 amide bonds. The van der Waals surface area contributed by atoms with Gasteiger partial charge < -0.3 is 19.9 Å². The number of anilines is 1. The Morgan fingerprint density at radius 1 is 1.28 bits per heavy atom. The Morgan fingerprint density at radius 3 is 2.48 bits per heavy atom. The maximum Gasteiger partial charge on any atom is 0.173 e. The predicted molar refractivity (Wildman–Crippen MR) is 106 cm³/mol. The Bertz CT molecular complexity index is 675.